The van der Waals surface area contributed by atoms with E-state index in [-0.39, 0.29) is 5.91 Å². The Morgan fingerprint density at radius 3 is 2.70 bits per heavy atom. The lowest BCUT2D eigenvalue weighted by atomic mass is 10.1. The van der Waals surface area contributed by atoms with Gasteiger partial charge < -0.3 is 9.84 Å². The summed E-state index contributed by atoms with van der Waals surface area (Å²) in [5.74, 6) is 1.98. The minimum atomic E-state index is -0.277. The molecule has 3 heterocycles. The third-order valence-electron chi connectivity index (χ3n) is 4.94. The van der Waals surface area contributed by atoms with E-state index in [1.807, 2.05) is 38.1 Å². The van der Waals surface area contributed by atoms with Gasteiger partial charge in [0.15, 0.2) is 5.82 Å². The highest BCUT2D eigenvalue weighted by atomic mass is 16.5. The van der Waals surface area contributed by atoms with Gasteiger partial charge in [0.1, 0.15) is 17.8 Å². The van der Waals surface area contributed by atoms with Crippen LogP contribution in [0, 0.1) is 13.8 Å². The van der Waals surface area contributed by atoms with Crippen LogP contribution in [-0.2, 0) is 0 Å². The zero-order chi connectivity index (χ0) is 20.7. The second kappa shape index (κ2) is 7.22. The van der Waals surface area contributed by atoms with Gasteiger partial charge in [-0.3, -0.25) is 9.36 Å². The highest BCUT2D eigenvalue weighted by Gasteiger charge is 2.29. The number of pyridine rings is 1. The number of nitrogens with one attached hydrogen (secondary N) is 1. The highest BCUT2D eigenvalue weighted by molar-refractivity contribution is 6.02. The van der Waals surface area contributed by atoms with E-state index in [0.717, 1.165) is 41.0 Å². The number of aromatic nitrogens is 5. The van der Waals surface area contributed by atoms with E-state index in [4.69, 9.17) is 4.52 Å². The summed E-state index contributed by atoms with van der Waals surface area (Å²) >= 11 is 0. The molecule has 1 aliphatic rings. The van der Waals surface area contributed by atoms with Crippen LogP contribution >= 0.6 is 0 Å². The van der Waals surface area contributed by atoms with E-state index in [2.05, 4.69) is 31.5 Å². The molecule has 1 N–H and O–H groups in total. The molecule has 1 saturated carbocycles. The van der Waals surface area contributed by atoms with Crippen LogP contribution in [-0.4, -0.2) is 30.6 Å². The maximum absolute atomic E-state index is 12.6. The lowest BCUT2D eigenvalue weighted by Crippen LogP contribution is -2.12. The van der Waals surface area contributed by atoms with Crippen molar-refractivity contribution in [2.45, 2.75) is 32.6 Å². The smallest absolute Gasteiger partial charge is 0.275 e. The lowest BCUT2D eigenvalue weighted by Gasteiger charge is -2.06. The maximum Gasteiger partial charge on any atom is 0.275 e. The molecule has 3 aromatic heterocycles. The predicted molar refractivity (Wildman–Crippen MR) is 110 cm³/mol. The lowest BCUT2D eigenvalue weighted by molar-refractivity contribution is 0.102. The summed E-state index contributed by atoms with van der Waals surface area (Å²) in [5.41, 5.74) is 3.99. The van der Waals surface area contributed by atoms with E-state index in [0.29, 0.717) is 23.3 Å². The van der Waals surface area contributed by atoms with Crippen LogP contribution in [0.1, 0.15) is 46.2 Å². The van der Waals surface area contributed by atoms with Gasteiger partial charge in [0.05, 0.1) is 0 Å². The largest absolute Gasteiger partial charge is 0.334 e. The Kier molecular flexibility index (Phi) is 4.39. The van der Waals surface area contributed by atoms with Gasteiger partial charge in [-0.15, -0.1) is 0 Å². The Balaban J connectivity index is 1.36. The summed E-state index contributed by atoms with van der Waals surface area (Å²) in [6, 6.07) is 9.55. The van der Waals surface area contributed by atoms with Gasteiger partial charge in [-0.1, -0.05) is 11.2 Å². The minimum Gasteiger partial charge on any atom is -0.334 e. The molecule has 8 heteroatoms. The Labute approximate surface area is 173 Å². The van der Waals surface area contributed by atoms with Crippen molar-refractivity contribution >= 4 is 11.6 Å². The Morgan fingerprint density at radius 1 is 1.13 bits per heavy atom. The van der Waals surface area contributed by atoms with Gasteiger partial charge in [0.2, 0.25) is 0 Å². The van der Waals surface area contributed by atoms with Gasteiger partial charge in [-0.2, -0.15) is 4.98 Å². The molecule has 0 aliphatic heterocycles. The first-order valence-corrected chi connectivity index (χ1v) is 9.79. The zero-order valence-electron chi connectivity index (χ0n) is 16.7. The topological polar surface area (TPSA) is 98.7 Å². The summed E-state index contributed by atoms with van der Waals surface area (Å²) in [7, 11) is 0. The second-order valence-corrected chi connectivity index (χ2v) is 7.63. The number of amides is 1. The number of carbonyl (C=O) groups is 1. The Bertz CT molecular complexity index is 1220. The molecule has 1 aliphatic carbocycles. The van der Waals surface area contributed by atoms with Gasteiger partial charge in [-0.25, -0.2) is 9.97 Å². The standard InChI is InChI=1S/C22H20N6O2/c1-13-7-14(2)9-17(8-13)25-21(29)18-11-28(12-24-18)19-10-16(5-6-23-19)22-26-20(27-30-22)15-3-4-15/h5-12,15H,3-4H2,1-2H3,(H,25,29). The molecule has 4 aromatic rings. The molecule has 0 atom stereocenters. The van der Waals surface area contributed by atoms with Gasteiger partial charge in [0.25, 0.3) is 11.8 Å². The molecule has 1 fully saturated rings. The molecular formula is C22H20N6O2. The van der Waals surface area contributed by atoms with Crippen molar-refractivity contribution in [3.8, 4) is 17.3 Å². The van der Waals surface area contributed by atoms with Crippen molar-refractivity contribution in [1.82, 2.24) is 24.7 Å². The number of nitrogens with zero attached hydrogens (tertiary/aromatic N) is 5. The van der Waals surface area contributed by atoms with Crippen LogP contribution in [0.3, 0.4) is 0 Å². The average Bonchev–Trinajstić information content (AvgIpc) is 3.25. The summed E-state index contributed by atoms with van der Waals surface area (Å²) in [4.78, 5) is 25.7. The fourth-order valence-electron chi connectivity index (χ4n) is 3.36. The summed E-state index contributed by atoms with van der Waals surface area (Å²) in [6.07, 6.45) is 7.10. The first-order chi connectivity index (χ1) is 14.5. The summed E-state index contributed by atoms with van der Waals surface area (Å²) in [5, 5.41) is 6.95. The van der Waals surface area contributed by atoms with Crippen LogP contribution in [0.25, 0.3) is 17.3 Å². The van der Waals surface area contributed by atoms with Crippen LogP contribution in [0.4, 0.5) is 5.69 Å². The number of anilines is 1. The molecule has 0 bridgehead atoms. The minimum absolute atomic E-state index is 0.277. The predicted octanol–water partition coefficient (Wildman–Crippen LogP) is 4.06. The molecule has 1 aromatic carbocycles. The number of hydrogen-bond acceptors (Lipinski definition) is 6. The monoisotopic (exact) mass is 400 g/mol. The van der Waals surface area contributed by atoms with E-state index < -0.39 is 0 Å². The van der Waals surface area contributed by atoms with Crippen molar-refractivity contribution in [1.29, 1.82) is 0 Å². The number of hydrogen-bond donors (Lipinski definition) is 1. The SMILES string of the molecule is Cc1cc(C)cc(NC(=O)c2cn(-c3cc(-c4nc(C5CC5)no4)ccn3)cn2)c1. The summed E-state index contributed by atoms with van der Waals surface area (Å²) in [6.45, 7) is 3.99. The molecule has 150 valence electrons. The van der Waals surface area contributed by atoms with Crippen molar-refractivity contribution in [3.63, 3.8) is 0 Å². The number of imidazole rings is 1. The van der Waals surface area contributed by atoms with E-state index >= 15 is 0 Å². The molecule has 1 amide bonds. The fraction of sp³-hybridized carbons (Fsp3) is 0.227. The normalized spacial score (nSPS) is 13.4. The molecule has 8 nitrogen and oxygen atoms in total. The second-order valence-electron chi connectivity index (χ2n) is 7.63. The van der Waals surface area contributed by atoms with Crippen LogP contribution in [0.15, 0.2) is 53.6 Å². The van der Waals surface area contributed by atoms with E-state index in [9.17, 15) is 4.79 Å². The van der Waals surface area contributed by atoms with E-state index in [1.165, 1.54) is 0 Å². The van der Waals surface area contributed by atoms with Crippen molar-refractivity contribution in [3.05, 3.63) is 71.7 Å². The number of rotatable bonds is 5. The molecule has 30 heavy (non-hydrogen) atoms. The molecular weight excluding hydrogens is 380 g/mol. The molecule has 0 unspecified atom stereocenters. The molecule has 0 spiro atoms. The fourth-order valence-corrected chi connectivity index (χ4v) is 3.36. The van der Waals surface area contributed by atoms with Crippen molar-refractivity contribution < 1.29 is 9.32 Å². The maximum atomic E-state index is 12.6. The van der Waals surface area contributed by atoms with Crippen LogP contribution < -0.4 is 5.32 Å². The van der Waals surface area contributed by atoms with Gasteiger partial charge in [0, 0.05) is 29.6 Å². The van der Waals surface area contributed by atoms with Gasteiger partial charge in [-0.05, 0) is 62.1 Å². The Morgan fingerprint density at radius 2 is 1.93 bits per heavy atom. The van der Waals surface area contributed by atoms with Crippen molar-refractivity contribution in [2.75, 3.05) is 5.32 Å². The average molecular weight is 400 g/mol. The Hall–Kier alpha value is -3.81. The highest BCUT2D eigenvalue weighted by Crippen LogP contribution is 2.38. The molecule has 0 saturated heterocycles. The summed E-state index contributed by atoms with van der Waals surface area (Å²) < 4.78 is 7.09. The number of benzene rings is 1. The van der Waals surface area contributed by atoms with Crippen LogP contribution in [0.2, 0.25) is 0 Å². The number of carbonyl (C=O) groups excluding carboxylic acids is 1. The van der Waals surface area contributed by atoms with Gasteiger partial charge >= 0.3 is 0 Å². The quantitative estimate of drug-likeness (QED) is 0.542. The molecule has 0 radical (unpaired) electrons. The molecule has 5 rings (SSSR count). The third kappa shape index (κ3) is 3.71. The first-order valence-electron chi connectivity index (χ1n) is 9.79. The third-order valence-corrected chi connectivity index (χ3v) is 4.94. The number of aryl methyl sites for hydroxylation is 2. The van der Waals surface area contributed by atoms with E-state index in [1.54, 1.807) is 23.3 Å². The van der Waals surface area contributed by atoms with Crippen LogP contribution in [0.5, 0.6) is 0 Å². The zero-order valence-corrected chi connectivity index (χ0v) is 16.7. The van der Waals surface area contributed by atoms with Crippen molar-refractivity contribution in [2.24, 2.45) is 0 Å². The first kappa shape index (κ1) is 18.2.